The fourth-order valence-corrected chi connectivity index (χ4v) is 3.96. The van der Waals surface area contributed by atoms with Crippen LogP contribution in [0.5, 0.6) is 0 Å². The topological polar surface area (TPSA) is 40.6 Å². The van der Waals surface area contributed by atoms with E-state index in [9.17, 15) is 9.59 Å². The molecular weight excluding hydrogens is 240 g/mol. The van der Waals surface area contributed by atoms with Crippen LogP contribution in [0.4, 0.5) is 0 Å². The zero-order chi connectivity index (χ0) is 13.4. The molecule has 4 heteroatoms. The van der Waals surface area contributed by atoms with Gasteiger partial charge in [0, 0.05) is 32.1 Å². The molecule has 3 aliphatic rings. The third kappa shape index (κ3) is 2.17. The molecule has 0 unspecified atom stereocenters. The molecule has 3 aliphatic heterocycles. The summed E-state index contributed by atoms with van der Waals surface area (Å²) in [5.41, 5.74) is 0. The van der Waals surface area contributed by atoms with Crippen LogP contribution in [0.1, 0.15) is 32.1 Å². The Hall–Kier alpha value is -1.32. The van der Waals surface area contributed by atoms with Crippen molar-refractivity contribution in [2.75, 3.05) is 19.6 Å². The van der Waals surface area contributed by atoms with Crippen molar-refractivity contribution in [2.45, 2.75) is 38.1 Å². The summed E-state index contributed by atoms with van der Waals surface area (Å²) in [5, 5.41) is 0. The van der Waals surface area contributed by atoms with Crippen LogP contribution in [-0.2, 0) is 9.59 Å². The van der Waals surface area contributed by atoms with Crippen LogP contribution in [0.2, 0.25) is 0 Å². The van der Waals surface area contributed by atoms with Crippen LogP contribution in [0, 0.1) is 11.8 Å². The number of hydrogen-bond donors (Lipinski definition) is 0. The van der Waals surface area contributed by atoms with Crippen LogP contribution in [-0.4, -0.2) is 47.3 Å². The van der Waals surface area contributed by atoms with Gasteiger partial charge in [-0.15, -0.1) is 6.58 Å². The van der Waals surface area contributed by atoms with Gasteiger partial charge >= 0.3 is 0 Å². The van der Waals surface area contributed by atoms with Crippen molar-refractivity contribution in [2.24, 2.45) is 11.8 Å². The summed E-state index contributed by atoms with van der Waals surface area (Å²) >= 11 is 0. The van der Waals surface area contributed by atoms with Crippen molar-refractivity contribution < 1.29 is 9.59 Å². The molecule has 2 bridgehead atoms. The maximum atomic E-state index is 12.4. The van der Waals surface area contributed by atoms with Crippen molar-refractivity contribution in [3.8, 4) is 0 Å². The summed E-state index contributed by atoms with van der Waals surface area (Å²) in [4.78, 5) is 28.4. The SMILES string of the molecule is C=CCCN1C[C@@H]2C[C@@H](CN3C(=O)CCC[C@@H]23)C1=O. The summed E-state index contributed by atoms with van der Waals surface area (Å²) in [5.74, 6) is 1.04. The average Bonchev–Trinajstić information content (AvgIpc) is 2.42. The summed E-state index contributed by atoms with van der Waals surface area (Å²) in [6, 6.07) is 0.386. The molecule has 3 atom stereocenters. The van der Waals surface area contributed by atoms with E-state index in [0.29, 0.717) is 24.9 Å². The highest BCUT2D eigenvalue weighted by molar-refractivity contribution is 5.83. The number of nitrogens with zero attached hydrogens (tertiary/aromatic N) is 2. The zero-order valence-electron chi connectivity index (χ0n) is 11.4. The molecule has 2 amide bonds. The molecule has 3 rings (SSSR count). The lowest BCUT2D eigenvalue weighted by atomic mass is 9.75. The minimum atomic E-state index is 0.0434. The van der Waals surface area contributed by atoms with E-state index in [1.54, 1.807) is 0 Å². The molecule has 104 valence electrons. The van der Waals surface area contributed by atoms with E-state index in [2.05, 4.69) is 6.58 Å². The highest BCUT2D eigenvalue weighted by Crippen LogP contribution is 2.38. The van der Waals surface area contributed by atoms with E-state index in [0.717, 1.165) is 38.8 Å². The molecule has 0 aliphatic carbocycles. The summed E-state index contributed by atoms with van der Waals surface area (Å²) < 4.78 is 0. The van der Waals surface area contributed by atoms with E-state index in [-0.39, 0.29) is 17.7 Å². The number of rotatable bonds is 3. The number of piperidine rings is 3. The van der Waals surface area contributed by atoms with Gasteiger partial charge in [-0.1, -0.05) is 6.08 Å². The third-order valence-corrected chi connectivity index (χ3v) is 4.88. The molecule has 0 spiro atoms. The molecule has 19 heavy (non-hydrogen) atoms. The highest BCUT2D eigenvalue weighted by Gasteiger charge is 2.47. The number of fused-ring (bicyclic) bond motifs is 4. The zero-order valence-corrected chi connectivity index (χ0v) is 11.4. The van der Waals surface area contributed by atoms with Crippen LogP contribution in [0.15, 0.2) is 12.7 Å². The molecule has 3 fully saturated rings. The van der Waals surface area contributed by atoms with Gasteiger partial charge in [0.15, 0.2) is 0 Å². The third-order valence-electron chi connectivity index (χ3n) is 4.88. The van der Waals surface area contributed by atoms with Gasteiger partial charge in [-0.3, -0.25) is 9.59 Å². The first-order chi connectivity index (χ1) is 9.20. The predicted molar refractivity (Wildman–Crippen MR) is 72.3 cm³/mol. The monoisotopic (exact) mass is 262 g/mol. The van der Waals surface area contributed by atoms with Crippen molar-refractivity contribution in [3.05, 3.63) is 12.7 Å². The van der Waals surface area contributed by atoms with E-state index in [4.69, 9.17) is 0 Å². The van der Waals surface area contributed by atoms with Crippen molar-refractivity contribution >= 4 is 11.8 Å². The lowest BCUT2D eigenvalue weighted by Gasteiger charge is -2.51. The average molecular weight is 262 g/mol. The minimum Gasteiger partial charge on any atom is -0.342 e. The number of likely N-dealkylation sites (tertiary alicyclic amines) is 1. The summed E-state index contributed by atoms with van der Waals surface area (Å²) in [7, 11) is 0. The molecule has 0 radical (unpaired) electrons. The van der Waals surface area contributed by atoms with Crippen LogP contribution in [0.3, 0.4) is 0 Å². The molecule has 3 saturated heterocycles. The smallest absolute Gasteiger partial charge is 0.227 e. The summed E-state index contributed by atoms with van der Waals surface area (Å²) in [6.45, 7) is 6.00. The predicted octanol–water partition coefficient (Wildman–Crippen LogP) is 1.42. The van der Waals surface area contributed by atoms with Gasteiger partial charge in [0.1, 0.15) is 0 Å². The Labute approximate surface area is 114 Å². The fraction of sp³-hybridized carbons (Fsp3) is 0.733. The number of amides is 2. The fourth-order valence-electron chi connectivity index (χ4n) is 3.96. The van der Waals surface area contributed by atoms with Gasteiger partial charge in [-0.2, -0.15) is 0 Å². The van der Waals surface area contributed by atoms with E-state index >= 15 is 0 Å². The number of hydrogen-bond acceptors (Lipinski definition) is 2. The first-order valence-corrected chi connectivity index (χ1v) is 7.40. The van der Waals surface area contributed by atoms with Gasteiger partial charge in [0.2, 0.25) is 11.8 Å². The second kappa shape index (κ2) is 4.99. The van der Waals surface area contributed by atoms with Gasteiger partial charge < -0.3 is 9.80 Å². The second-order valence-electron chi connectivity index (χ2n) is 6.06. The molecule has 0 saturated carbocycles. The van der Waals surface area contributed by atoms with Gasteiger partial charge in [-0.25, -0.2) is 0 Å². The quantitative estimate of drug-likeness (QED) is 0.722. The van der Waals surface area contributed by atoms with Gasteiger partial charge in [-0.05, 0) is 31.6 Å². The van der Waals surface area contributed by atoms with Crippen molar-refractivity contribution in [1.82, 2.24) is 9.80 Å². The van der Waals surface area contributed by atoms with E-state index in [1.807, 2.05) is 15.9 Å². The van der Waals surface area contributed by atoms with Gasteiger partial charge in [0.05, 0.1) is 5.92 Å². The Morgan fingerprint density at radius 1 is 1.32 bits per heavy atom. The number of carbonyl (C=O) groups is 2. The van der Waals surface area contributed by atoms with Crippen LogP contribution >= 0.6 is 0 Å². The minimum absolute atomic E-state index is 0.0434. The number of carbonyl (C=O) groups excluding carboxylic acids is 2. The Bertz CT molecular complexity index is 407. The lowest BCUT2D eigenvalue weighted by molar-refractivity contribution is -0.156. The standard InChI is InChI=1S/C15H22N2O2/c1-2-3-7-16-9-11-8-12(15(16)19)10-17-13(11)5-4-6-14(17)18/h2,11-13H,1,3-10H2/t11-,12-,13-/m0/s1. The van der Waals surface area contributed by atoms with E-state index < -0.39 is 0 Å². The van der Waals surface area contributed by atoms with Crippen molar-refractivity contribution in [3.63, 3.8) is 0 Å². The highest BCUT2D eigenvalue weighted by atomic mass is 16.2. The van der Waals surface area contributed by atoms with E-state index in [1.165, 1.54) is 0 Å². The normalized spacial score (nSPS) is 34.2. The molecule has 0 aromatic carbocycles. The molecule has 0 N–H and O–H groups in total. The Morgan fingerprint density at radius 3 is 2.95 bits per heavy atom. The first kappa shape index (κ1) is 12.7. The molecule has 3 heterocycles. The Morgan fingerprint density at radius 2 is 2.16 bits per heavy atom. The maximum absolute atomic E-state index is 12.4. The summed E-state index contributed by atoms with van der Waals surface area (Å²) in [6.07, 6.45) is 6.52. The van der Waals surface area contributed by atoms with Crippen molar-refractivity contribution in [1.29, 1.82) is 0 Å². The molecule has 0 aromatic rings. The first-order valence-electron chi connectivity index (χ1n) is 7.40. The van der Waals surface area contributed by atoms with Gasteiger partial charge in [0.25, 0.3) is 0 Å². The molecule has 4 nitrogen and oxygen atoms in total. The lowest BCUT2D eigenvalue weighted by Crippen LogP contribution is -2.62. The van der Waals surface area contributed by atoms with Crippen LogP contribution in [0.25, 0.3) is 0 Å². The molecule has 0 aromatic heterocycles. The van der Waals surface area contributed by atoms with Crippen LogP contribution < -0.4 is 0 Å². The second-order valence-corrected chi connectivity index (χ2v) is 6.06. The largest absolute Gasteiger partial charge is 0.342 e. The Kier molecular flexibility index (Phi) is 3.33. The maximum Gasteiger partial charge on any atom is 0.227 e. The molecular formula is C15H22N2O2. The Balaban J connectivity index is 1.76.